The summed E-state index contributed by atoms with van der Waals surface area (Å²) >= 11 is 0. The molecular weight excluding hydrogens is 407 g/mol. The second kappa shape index (κ2) is 9.57. The number of amides is 1. The van der Waals surface area contributed by atoms with E-state index in [1.807, 2.05) is 6.92 Å². The van der Waals surface area contributed by atoms with Crippen LogP contribution in [-0.4, -0.2) is 44.1 Å². The van der Waals surface area contributed by atoms with Gasteiger partial charge in [-0.1, -0.05) is 31.2 Å². The van der Waals surface area contributed by atoms with Gasteiger partial charge in [-0.3, -0.25) is 4.79 Å². The average molecular weight is 435 g/mol. The number of para-hydroxylation sites is 1. The maximum absolute atomic E-state index is 13.2. The molecule has 1 saturated heterocycles. The maximum Gasteiger partial charge on any atom is 0.255 e. The Hall–Kier alpha value is -2.45. The van der Waals surface area contributed by atoms with Crippen molar-refractivity contribution in [2.75, 3.05) is 19.3 Å². The van der Waals surface area contributed by atoms with Crippen molar-refractivity contribution in [2.24, 2.45) is 0 Å². The molecule has 2 aromatic rings. The minimum atomic E-state index is -3.20. The van der Waals surface area contributed by atoms with Gasteiger partial charge in [-0.15, -0.1) is 0 Å². The number of ether oxygens (including phenoxy) is 1. The lowest BCUT2D eigenvalue weighted by Crippen LogP contribution is -2.41. The molecule has 2 aromatic carbocycles. The van der Waals surface area contributed by atoms with E-state index >= 15 is 0 Å². The molecule has 1 atom stereocenters. The molecule has 1 fully saturated rings. The molecule has 0 saturated carbocycles. The van der Waals surface area contributed by atoms with Crippen molar-refractivity contribution < 1.29 is 22.3 Å². The fraction of sp³-hybridized carbons (Fsp3) is 0.409. The van der Waals surface area contributed by atoms with Crippen LogP contribution >= 0.6 is 0 Å². The predicted octanol–water partition coefficient (Wildman–Crippen LogP) is 3.51. The topological polar surface area (TPSA) is 75.7 Å². The maximum atomic E-state index is 13.2. The lowest BCUT2D eigenvalue weighted by molar-refractivity contribution is 0.0921. The molecule has 1 N–H and O–H groups in total. The predicted molar refractivity (Wildman–Crippen MR) is 113 cm³/mol. The number of piperidine rings is 1. The molecule has 1 aliphatic rings. The number of rotatable bonds is 7. The van der Waals surface area contributed by atoms with E-state index in [2.05, 4.69) is 5.32 Å². The van der Waals surface area contributed by atoms with Gasteiger partial charge in [-0.25, -0.2) is 17.1 Å². The zero-order valence-corrected chi connectivity index (χ0v) is 18.0. The van der Waals surface area contributed by atoms with E-state index in [0.29, 0.717) is 43.7 Å². The molecule has 0 unspecified atom stereocenters. The summed E-state index contributed by atoms with van der Waals surface area (Å²) in [5.74, 6) is -0.113. The molecule has 0 spiro atoms. The van der Waals surface area contributed by atoms with Crippen molar-refractivity contribution in [1.29, 1.82) is 0 Å². The van der Waals surface area contributed by atoms with Crippen molar-refractivity contribution >= 4 is 15.9 Å². The number of carbonyl (C=O) groups is 1. The van der Waals surface area contributed by atoms with E-state index in [1.165, 1.54) is 22.7 Å². The van der Waals surface area contributed by atoms with Gasteiger partial charge >= 0.3 is 0 Å². The van der Waals surface area contributed by atoms with Crippen LogP contribution in [0, 0.1) is 5.82 Å². The van der Waals surface area contributed by atoms with Crippen molar-refractivity contribution in [3.05, 3.63) is 65.5 Å². The summed E-state index contributed by atoms with van der Waals surface area (Å²) in [6.07, 6.45) is 2.84. The molecule has 8 heteroatoms. The Bertz CT molecular complexity index is 971. The van der Waals surface area contributed by atoms with Crippen LogP contribution in [0.1, 0.15) is 48.1 Å². The first-order chi connectivity index (χ1) is 14.3. The van der Waals surface area contributed by atoms with Gasteiger partial charge in [0.1, 0.15) is 17.7 Å². The van der Waals surface area contributed by atoms with Crippen LogP contribution in [0.4, 0.5) is 4.39 Å². The molecule has 0 aliphatic carbocycles. The Kier molecular flexibility index (Phi) is 7.10. The molecule has 6 nitrogen and oxygen atoms in total. The summed E-state index contributed by atoms with van der Waals surface area (Å²) in [4.78, 5) is 12.9. The third kappa shape index (κ3) is 5.58. The first-order valence-corrected chi connectivity index (χ1v) is 11.9. The lowest BCUT2D eigenvalue weighted by atomic mass is 10.0. The summed E-state index contributed by atoms with van der Waals surface area (Å²) in [5.41, 5.74) is 1.25. The number of nitrogens with zero attached hydrogens (tertiary/aromatic N) is 1. The number of carbonyl (C=O) groups excluding carboxylic acids is 1. The molecule has 1 aliphatic heterocycles. The smallest absolute Gasteiger partial charge is 0.255 e. The van der Waals surface area contributed by atoms with Crippen LogP contribution in [0.25, 0.3) is 0 Å². The molecule has 1 heterocycles. The Morgan fingerprint density at radius 2 is 1.80 bits per heavy atom. The van der Waals surface area contributed by atoms with Gasteiger partial charge in [0.05, 0.1) is 17.9 Å². The molecular formula is C22H27FN2O4S. The fourth-order valence-electron chi connectivity index (χ4n) is 3.57. The van der Waals surface area contributed by atoms with Crippen LogP contribution in [0.5, 0.6) is 5.75 Å². The minimum Gasteiger partial charge on any atom is -0.489 e. The summed E-state index contributed by atoms with van der Waals surface area (Å²) < 4.78 is 44.1. The van der Waals surface area contributed by atoms with Crippen LogP contribution in [0.3, 0.4) is 0 Å². The highest BCUT2D eigenvalue weighted by Crippen LogP contribution is 2.25. The van der Waals surface area contributed by atoms with Gasteiger partial charge in [0, 0.05) is 13.1 Å². The second-order valence-electron chi connectivity index (χ2n) is 7.46. The van der Waals surface area contributed by atoms with Gasteiger partial charge in [0.15, 0.2) is 0 Å². The summed E-state index contributed by atoms with van der Waals surface area (Å²) in [6.45, 7) is 2.76. The number of hydrogen-bond acceptors (Lipinski definition) is 4. The SMILES string of the molecule is CC[C@@H](NC(=O)c1ccccc1OC1CCN(S(C)(=O)=O)CC1)c1ccc(F)cc1. The minimum absolute atomic E-state index is 0.156. The van der Waals surface area contributed by atoms with E-state index < -0.39 is 10.0 Å². The number of hydrogen-bond donors (Lipinski definition) is 1. The van der Waals surface area contributed by atoms with Gasteiger partial charge in [0.2, 0.25) is 10.0 Å². The highest BCUT2D eigenvalue weighted by molar-refractivity contribution is 7.88. The summed E-state index contributed by atoms with van der Waals surface area (Å²) in [5, 5.41) is 2.99. The number of benzene rings is 2. The van der Waals surface area contributed by atoms with Crippen molar-refractivity contribution in [2.45, 2.75) is 38.3 Å². The lowest BCUT2D eigenvalue weighted by Gasteiger charge is -2.31. The first kappa shape index (κ1) is 22.2. The standard InChI is InChI=1S/C22H27FN2O4S/c1-3-20(16-8-10-17(23)11-9-16)24-22(26)19-6-4-5-7-21(19)29-18-12-14-25(15-13-18)30(2,27)28/h4-11,18,20H,3,12-15H2,1-2H3,(H,24,26)/t20-/m1/s1. The number of halogens is 1. The Morgan fingerprint density at radius 3 is 2.40 bits per heavy atom. The molecule has 30 heavy (non-hydrogen) atoms. The van der Waals surface area contributed by atoms with Crippen LogP contribution < -0.4 is 10.1 Å². The molecule has 3 rings (SSSR count). The number of nitrogens with one attached hydrogen (secondary N) is 1. The van der Waals surface area contributed by atoms with Gasteiger partial charge in [-0.05, 0) is 49.1 Å². The fourth-order valence-corrected chi connectivity index (χ4v) is 4.44. The second-order valence-corrected chi connectivity index (χ2v) is 9.44. The van der Waals surface area contributed by atoms with E-state index in [1.54, 1.807) is 36.4 Å². The van der Waals surface area contributed by atoms with Gasteiger partial charge < -0.3 is 10.1 Å². The first-order valence-electron chi connectivity index (χ1n) is 10.0. The molecule has 1 amide bonds. The summed E-state index contributed by atoms with van der Waals surface area (Å²) in [6, 6.07) is 12.9. The van der Waals surface area contributed by atoms with E-state index in [4.69, 9.17) is 4.74 Å². The average Bonchev–Trinajstić information content (AvgIpc) is 2.73. The van der Waals surface area contributed by atoms with Crippen molar-refractivity contribution in [3.63, 3.8) is 0 Å². The third-order valence-electron chi connectivity index (χ3n) is 5.28. The van der Waals surface area contributed by atoms with Crippen LogP contribution in [0.15, 0.2) is 48.5 Å². The Balaban J connectivity index is 1.68. The Morgan fingerprint density at radius 1 is 1.17 bits per heavy atom. The molecule has 0 bridgehead atoms. The summed E-state index contributed by atoms with van der Waals surface area (Å²) in [7, 11) is -3.20. The van der Waals surface area contributed by atoms with E-state index in [0.717, 1.165) is 5.56 Å². The van der Waals surface area contributed by atoms with Crippen molar-refractivity contribution in [1.82, 2.24) is 9.62 Å². The van der Waals surface area contributed by atoms with Crippen LogP contribution in [-0.2, 0) is 10.0 Å². The zero-order chi connectivity index (χ0) is 21.7. The largest absolute Gasteiger partial charge is 0.489 e. The van der Waals surface area contributed by atoms with Crippen molar-refractivity contribution in [3.8, 4) is 5.75 Å². The quantitative estimate of drug-likeness (QED) is 0.724. The monoisotopic (exact) mass is 434 g/mol. The molecule has 0 aromatic heterocycles. The molecule has 162 valence electrons. The normalized spacial score (nSPS) is 16.8. The zero-order valence-electron chi connectivity index (χ0n) is 17.2. The highest BCUT2D eigenvalue weighted by Gasteiger charge is 2.27. The van der Waals surface area contributed by atoms with Gasteiger partial charge in [0.25, 0.3) is 5.91 Å². The highest BCUT2D eigenvalue weighted by atomic mass is 32.2. The Labute approximate surface area is 177 Å². The van der Waals surface area contributed by atoms with E-state index in [-0.39, 0.29) is 23.9 Å². The van der Waals surface area contributed by atoms with Gasteiger partial charge in [-0.2, -0.15) is 0 Å². The van der Waals surface area contributed by atoms with E-state index in [9.17, 15) is 17.6 Å². The van der Waals surface area contributed by atoms with Crippen LogP contribution in [0.2, 0.25) is 0 Å². The third-order valence-corrected chi connectivity index (χ3v) is 6.58. The molecule has 0 radical (unpaired) electrons. The number of sulfonamides is 1.